The SMILES string of the molecule is O=C1NCCC(O)C2C=CN(Cc3ccccc3)C12. The van der Waals surface area contributed by atoms with Gasteiger partial charge >= 0.3 is 0 Å². The molecule has 1 fully saturated rings. The molecule has 0 bridgehead atoms. The molecule has 2 N–H and O–H groups in total. The third kappa shape index (κ3) is 2.36. The molecule has 1 aromatic carbocycles. The number of hydrogen-bond acceptors (Lipinski definition) is 3. The minimum Gasteiger partial charge on any atom is -0.392 e. The molecular weight excluding hydrogens is 240 g/mol. The zero-order valence-corrected chi connectivity index (χ0v) is 10.7. The molecule has 0 aromatic heterocycles. The van der Waals surface area contributed by atoms with Crippen molar-refractivity contribution in [3.8, 4) is 0 Å². The monoisotopic (exact) mass is 258 g/mol. The van der Waals surface area contributed by atoms with Gasteiger partial charge in [-0.15, -0.1) is 0 Å². The zero-order chi connectivity index (χ0) is 13.2. The van der Waals surface area contributed by atoms with E-state index in [1.54, 1.807) is 0 Å². The van der Waals surface area contributed by atoms with Crippen molar-refractivity contribution in [1.29, 1.82) is 0 Å². The van der Waals surface area contributed by atoms with E-state index < -0.39 is 6.10 Å². The molecule has 2 heterocycles. The van der Waals surface area contributed by atoms with Crippen LogP contribution in [0.4, 0.5) is 0 Å². The van der Waals surface area contributed by atoms with Gasteiger partial charge in [-0.2, -0.15) is 0 Å². The van der Waals surface area contributed by atoms with Gasteiger partial charge in [-0.25, -0.2) is 0 Å². The Kier molecular flexibility index (Phi) is 3.25. The Labute approximate surface area is 112 Å². The molecule has 0 spiro atoms. The van der Waals surface area contributed by atoms with Gasteiger partial charge in [-0.05, 0) is 18.2 Å². The van der Waals surface area contributed by atoms with Gasteiger partial charge in [-0.1, -0.05) is 36.4 Å². The highest BCUT2D eigenvalue weighted by Crippen LogP contribution is 2.29. The quantitative estimate of drug-likeness (QED) is 0.828. The third-order valence-corrected chi connectivity index (χ3v) is 3.88. The topological polar surface area (TPSA) is 52.6 Å². The Morgan fingerprint density at radius 1 is 1.32 bits per heavy atom. The fraction of sp³-hybridized carbons (Fsp3) is 0.400. The van der Waals surface area contributed by atoms with E-state index in [2.05, 4.69) is 5.32 Å². The predicted octanol–water partition coefficient (Wildman–Crippen LogP) is 0.881. The summed E-state index contributed by atoms with van der Waals surface area (Å²) in [5.74, 6) is -0.0753. The molecule has 2 aliphatic heterocycles. The standard InChI is InChI=1S/C15H18N2O2/c18-13-6-8-16-15(19)14-12(13)7-9-17(14)10-11-4-2-1-3-5-11/h1-5,7,9,12-14,18H,6,8,10H2,(H,16,19). The number of hydrogen-bond donors (Lipinski definition) is 2. The first-order chi connectivity index (χ1) is 9.25. The second-order valence-electron chi connectivity index (χ2n) is 5.17. The number of aliphatic hydroxyl groups excluding tert-OH is 1. The van der Waals surface area contributed by atoms with E-state index in [0.717, 1.165) is 0 Å². The molecule has 1 amide bonds. The highest BCUT2D eigenvalue weighted by atomic mass is 16.3. The summed E-state index contributed by atoms with van der Waals surface area (Å²) in [6.45, 7) is 1.25. The molecule has 3 unspecified atom stereocenters. The summed E-state index contributed by atoms with van der Waals surface area (Å²) < 4.78 is 0. The van der Waals surface area contributed by atoms with E-state index in [4.69, 9.17) is 0 Å². The Balaban J connectivity index is 1.80. The molecular formula is C15H18N2O2. The van der Waals surface area contributed by atoms with Crippen LogP contribution in [0.3, 0.4) is 0 Å². The number of amides is 1. The molecule has 2 aliphatic rings. The van der Waals surface area contributed by atoms with Crippen LogP contribution in [-0.2, 0) is 11.3 Å². The molecule has 0 radical (unpaired) electrons. The van der Waals surface area contributed by atoms with Crippen LogP contribution in [0.2, 0.25) is 0 Å². The van der Waals surface area contributed by atoms with Gasteiger partial charge in [0, 0.05) is 19.0 Å². The molecule has 1 saturated heterocycles. The van der Waals surface area contributed by atoms with Crippen molar-refractivity contribution in [2.24, 2.45) is 5.92 Å². The van der Waals surface area contributed by atoms with Crippen LogP contribution in [0, 0.1) is 5.92 Å². The maximum Gasteiger partial charge on any atom is 0.243 e. The number of carbonyl (C=O) groups excluding carboxylic acids is 1. The van der Waals surface area contributed by atoms with Crippen molar-refractivity contribution in [1.82, 2.24) is 10.2 Å². The summed E-state index contributed by atoms with van der Waals surface area (Å²) in [6.07, 6.45) is 4.08. The zero-order valence-electron chi connectivity index (χ0n) is 10.7. The fourth-order valence-corrected chi connectivity index (χ4v) is 2.88. The number of benzene rings is 1. The normalized spacial score (nSPS) is 29.8. The van der Waals surface area contributed by atoms with Crippen LogP contribution in [0.1, 0.15) is 12.0 Å². The summed E-state index contributed by atoms with van der Waals surface area (Å²) in [5, 5.41) is 13.0. The first kappa shape index (κ1) is 12.2. The van der Waals surface area contributed by atoms with E-state index >= 15 is 0 Å². The average Bonchev–Trinajstić information content (AvgIpc) is 2.77. The van der Waals surface area contributed by atoms with Gasteiger partial charge in [0.25, 0.3) is 0 Å². The minimum atomic E-state index is -0.444. The van der Waals surface area contributed by atoms with E-state index in [-0.39, 0.29) is 17.9 Å². The summed E-state index contributed by atoms with van der Waals surface area (Å²) in [6, 6.07) is 9.79. The van der Waals surface area contributed by atoms with Gasteiger partial charge < -0.3 is 15.3 Å². The van der Waals surface area contributed by atoms with Crippen LogP contribution in [-0.4, -0.2) is 34.6 Å². The maximum atomic E-state index is 12.1. The van der Waals surface area contributed by atoms with E-state index in [1.807, 2.05) is 47.5 Å². The Bertz CT molecular complexity index is 486. The van der Waals surface area contributed by atoms with Crippen molar-refractivity contribution in [2.45, 2.75) is 25.1 Å². The minimum absolute atomic E-state index is 0.0162. The molecule has 4 nitrogen and oxygen atoms in total. The average molecular weight is 258 g/mol. The lowest BCUT2D eigenvalue weighted by molar-refractivity contribution is -0.126. The molecule has 0 saturated carbocycles. The van der Waals surface area contributed by atoms with E-state index in [1.165, 1.54) is 5.56 Å². The van der Waals surface area contributed by atoms with E-state index in [9.17, 15) is 9.90 Å². The second kappa shape index (κ2) is 5.05. The molecule has 4 heteroatoms. The Morgan fingerprint density at radius 3 is 2.89 bits per heavy atom. The van der Waals surface area contributed by atoms with Crippen LogP contribution in [0.25, 0.3) is 0 Å². The first-order valence-corrected chi connectivity index (χ1v) is 6.69. The van der Waals surface area contributed by atoms with Gasteiger partial charge in [0.05, 0.1) is 6.10 Å². The van der Waals surface area contributed by atoms with Gasteiger partial charge in [0.1, 0.15) is 6.04 Å². The third-order valence-electron chi connectivity index (χ3n) is 3.88. The summed E-state index contributed by atoms with van der Waals surface area (Å²) in [7, 11) is 0. The highest BCUT2D eigenvalue weighted by Gasteiger charge is 2.40. The Morgan fingerprint density at radius 2 is 2.11 bits per heavy atom. The second-order valence-corrected chi connectivity index (χ2v) is 5.17. The van der Waals surface area contributed by atoms with Crippen LogP contribution in [0.5, 0.6) is 0 Å². The van der Waals surface area contributed by atoms with Crippen LogP contribution in [0.15, 0.2) is 42.6 Å². The summed E-state index contributed by atoms with van der Waals surface area (Å²) in [4.78, 5) is 14.2. The molecule has 100 valence electrons. The largest absolute Gasteiger partial charge is 0.392 e. The smallest absolute Gasteiger partial charge is 0.243 e. The molecule has 1 aromatic rings. The molecule has 19 heavy (non-hydrogen) atoms. The number of aliphatic hydroxyl groups is 1. The molecule has 3 rings (SSSR count). The number of nitrogens with one attached hydrogen (secondary N) is 1. The number of carbonyl (C=O) groups is 1. The van der Waals surface area contributed by atoms with Gasteiger partial charge in [0.15, 0.2) is 0 Å². The fourth-order valence-electron chi connectivity index (χ4n) is 2.88. The van der Waals surface area contributed by atoms with Crippen LogP contribution < -0.4 is 5.32 Å². The number of fused-ring (bicyclic) bond motifs is 1. The van der Waals surface area contributed by atoms with Gasteiger partial charge in [0.2, 0.25) is 5.91 Å². The molecule has 0 aliphatic carbocycles. The van der Waals surface area contributed by atoms with Crippen molar-refractivity contribution >= 4 is 5.91 Å². The Hall–Kier alpha value is -1.81. The summed E-state index contributed by atoms with van der Waals surface area (Å²) in [5.41, 5.74) is 1.17. The lowest BCUT2D eigenvalue weighted by Crippen LogP contribution is -2.45. The predicted molar refractivity (Wildman–Crippen MR) is 72.0 cm³/mol. The summed E-state index contributed by atoms with van der Waals surface area (Å²) >= 11 is 0. The van der Waals surface area contributed by atoms with Gasteiger partial charge in [-0.3, -0.25) is 4.79 Å². The lowest BCUT2D eigenvalue weighted by atomic mass is 9.94. The number of rotatable bonds is 2. The van der Waals surface area contributed by atoms with Crippen molar-refractivity contribution in [3.05, 3.63) is 48.2 Å². The highest BCUT2D eigenvalue weighted by molar-refractivity contribution is 5.83. The maximum absolute atomic E-state index is 12.1. The lowest BCUT2D eigenvalue weighted by Gasteiger charge is -2.28. The molecule has 3 atom stereocenters. The first-order valence-electron chi connectivity index (χ1n) is 6.69. The van der Waals surface area contributed by atoms with Crippen molar-refractivity contribution in [3.63, 3.8) is 0 Å². The number of nitrogens with zero attached hydrogens (tertiary/aromatic N) is 1. The van der Waals surface area contributed by atoms with Crippen molar-refractivity contribution in [2.75, 3.05) is 6.54 Å². The van der Waals surface area contributed by atoms with Crippen molar-refractivity contribution < 1.29 is 9.90 Å². The van der Waals surface area contributed by atoms with E-state index in [0.29, 0.717) is 19.5 Å². The van der Waals surface area contributed by atoms with Crippen LogP contribution >= 0.6 is 0 Å².